The first-order chi connectivity index (χ1) is 11.0. The fraction of sp³-hybridized carbons (Fsp3) is 0.632. The molecule has 1 aromatic rings. The third kappa shape index (κ3) is 3.13. The molecular formula is C19H23Cl2NO. The van der Waals surface area contributed by atoms with Crippen molar-refractivity contribution in [3.05, 3.63) is 33.8 Å². The number of carbonyl (C=O) groups excluding carboxylic acids is 1. The zero-order valence-corrected chi connectivity index (χ0v) is 14.8. The summed E-state index contributed by atoms with van der Waals surface area (Å²) < 4.78 is 0. The number of nitrogens with one attached hydrogen (secondary N) is 1. The van der Waals surface area contributed by atoms with E-state index in [4.69, 9.17) is 23.2 Å². The Hall–Kier alpha value is -0.730. The number of halogens is 2. The summed E-state index contributed by atoms with van der Waals surface area (Å²) in [7, 11) is 0. The van der Waals surface area contributed by atoms with E-state index in [9.17, 15) is 4.79 Å². The van der Waals surface area contributed by atoms with E-state index in [1.165, 1.54) is 44.9 Å². The van der Waals surface area contributed by atoms with E-state index < -0.39 is 0 Å². The van der Waals surface area contributed by atoms with Gasteiger partial charge in [0, 0.05) is 11.6 Å². The zero-order chi connectivity index (χ0) is 16.0. The summed E-state index contributed by atoms with van der Waals surface area (Å²) in [5.74, 6) is 2.60. The fourth-order valence-electron chi connectivity index (χ4n) is 5.62. The van der Waals surface area contributed by atoms with Gasteiger partial charge in [0.15, 0.2) is 0 Å². The number of hydrogen-bond donors (Lipinski definition) is 1. The van der Waals surface area contributed by atoms with Crippen molar-refractivity contribution in [2.75, 3.05) is 6.54 Å². The van der Waals surface area contributed by atoms with E-state index in [1.54, 1.807) is 18.2 Å². The van der Waals surface area contributed by atoms with Crippen LogP contribution in [0.25, 0.3) is 0 Å². The number of rotatable bonds is 3. The Balaban J connectivity index is 1.47. The van der Waals surface area contributed by atoms with E-state index in [-0.39, 0.29) is 5.91 Å². The summed E-state index contributed by atoms with van der Waals surface area (Å²) >= 11 is 12.1. The molecule has 4 fully saturated rings. The number of hydrogen-bond acceptors (Lipinski definition) is 1. The topological polar surface area (TPSA) is 29.1 Å². The molecule has 4 aliphatic rings. The van der Waals surface area contributed by atoms with E-state index in [1.807, 2.05) is 0 Å². The van der Waals surface area contributed by atoms with Gasteiger partial charge in [0.25, 0.3) is 5.91 Å². The van der Waals surface area contributed by atoms with Crippen molar-refractivity contribution >= 4 is 29.1 Å². The van der Waals surface area contributed by atoms with Crippen LogP contribution in [0.15, 0.2) is 18.2 Å². The molecule has 0 saturated heterocycles. The second-order valence-electron chi connectivity index (χ2n) is 8.07. The molecule has 4 bridgehead atoms. The average Bonchev–Trinajstić information content (AvgIpc) is 2.71. The second kappa shape index (κ2) is 5.97. The van der Waals surface area contributed by atoms with Gasteiger partial charge in [-0.05, 0) is 73.5 Å². The molecule has 5 rings (SSSR count). The monoisotopic (exact) mass is 351 g/mol. The Bertz CT molecular complexity index is 614. The van der Waals surface area contributed by atoms with Crippen molar-refractivity contribution in [1.82, 2.24) is 5.32 Å². The molecule has 4 heteroatoms. The molecule has 124 valence electrons. The first kappa shape index (κ1) is 15.8. The lowest BCUT2D eigenvalue weighted by Gasteiger charge is -2.48. The van der Waals surface area contributed by atoms with Crippen LogP contribution in [0.4, 0.5) is 0 Å². The maximum atomic E-state index is 12.5. The highest BCUT2D eigenvalue weighted by Crippen LogP contribution is 2.57. The molecule has 1 amide bonds. The SMILES string of the molecule is O=C(NCC12CC3CCC(CC(C3)C1)C2)c1ccc(Cl)cc1Cl. The normalized spacial score (nSPS) is 35.1. The molecule has 2 nitrogen and oxygen atoms in total. The van der Waals surface area contributed by atoms with E-state index >= 15 is 0 Å². The highest BCUT2D eigenvalue weighted by atomic mass is 35.5. The molecule has 0 radical (unpaired) electrons. The standard InChI is InChI=1S/C19H23Cl2NO/c20-15-3-4-16(17(21)7-15)18(23)22-11-19-8-12-1-2-13(9-19)6-14(5-12)10-19/h3-4,7,12-14H,1-2,5-6,8-11H2,(H,22,23). The van der Waals surface area contributed by atoms with E-state index in [0.717, 1.165) is 24.3 Å². The van der Waals surface area contributed by atoms with Crippen molar-refractivity contribution < 1.29 is 4.79 Å². The maximum absolute atomic E-state index is 12.5. The highest BCUT2D eigenvalue weighted by molar-refractivity contribution is 6.36. The van der Waals surface area contributed by atoms with Crippen molar-refractivity contribution in [1.29, 1.82) is 0 Å². The number of carbonyl (C=O) groups is 1. The third-order valence-electron chi connectivity index (χ3n) is 6.28. The van der Waals surface area contributed by atoms with Crippen LogP contribution in [0.3, 0.4) is 0 Å². The molecule has 0 spiro atoms. The lowest BCUT2D eigenvalue weighted by molar-refractivity contribution is 0.0338. The van der Waals surface area contributed by atoms with Crippen LogP contribution in [0, 0.1) is 23.2 Å². The summed E-state index contributed by atoms with van der Waals surface area (Å²) in [5, 5.41) is 4.17. The summed E-state index contributed by atoms with van der Waals surface area (Å²) in [5.41, 5.74) is 0.861. The fourth-order valence-corrected chi connectivity index (χ4v) is 6.12. The predicted molar refractivity (Wildman–Crippen MR) is 94.0 cm³/mol. The first-order valence-corrected chi connectivity index (χ1v) is 9.52. The van der Waals surface area contributed by atoms with Gasteiger partial charge >= 0.3 is 0 Å². The maximum Gasteiger partial charge on any atom is 0.252 e. The zero-order valence-electron chi connectivity index (χ0n) is 13.3. The predicted octanol–water partition coefficient (Wildman–Crippen LogP) is 5.33. The summed E-state index contributed by atoms with van der Waals surface area (Å²) in [4.78, 5) is 12.5. The average molecular weight is 352 g/mol. The molecule has 2 unspecified atom stereocenters. The van der Waals surface area contributed by atoms with Gasteiger partial charge in [-0.3, -0.25) is 4.79 Å². The van der Waals surface area contributed by atoms with Crippen molar-refractivity contribution in [2.45, 2.75) is 44.9 Å². The largest absolute Gasteiger partial charge is 0.351 e. The lowest BCUT2D eigenvalue weighted by atomic mass is 9.58. The Morgan fingerprint density at radius 2 is 1.74 bits per heavy atom. The van der Waals surface area contributed by atoms with Crippen LogP contribution in [0.2, 0.25) is 10.0 Å². The Labute approximate surface area is 147 Å². The van der Waals surface area contributed by atoms with Crippen LogP contribution in [-0.4, -0.2) is 12.5 Å². The minimum atomic E-state index is -0.0684. The number of benzene rings is 1. The van der Waals surface area contributed by atoms with Gasteiger partial charge in [-0.2, -0.15) is 0 Å². The Morgan fingerprint density at radius 1 is 1.09 bits per heavy atom. The molecule has 4 aliphatic carbocycles. The molecule has 2 atom stereocenters. The van der Waals surface area contributed by atoms with Gasteiger partial charge in [0.2, 0.25) is 0 Å². The van der Waals surface area contributed by atoms with E-state index in [0.29, 0.717) is 21.0 Å². The molecule has 1 aromatic carbocycles. The van der Waals surface area contributed by atoms with E-state index in [2.05, 4.69) is 5.32 Å². The third-order valence-corrected chi connectivity index (χ3v) is 6.83. The Kier molecular flexibility index (Phi) is 4.09. The van der Waals surface area contributed by atoms with Crippen LogP contribution in [-0.2, 0) is 0 Å². The van der Waals surface area contributed by atoms with Crippen molar-refractivity contribution in [2.24, 2.45) is 23.2 Å². The van der Waals surface area contributed by atoms with Crippen LogP contribution < -0.4 is 5.32 Å². The molecule has 0 heterocycles. The molecule has 23 heavy (non-hydrogen) atoms. The molecule has 0 aliphatic heterocycles. The van der Waals surface area contributed by atoms with Gasteiger partial charge in [-0.1, -0.05) is 36.0 Å². The second-order valence-corrected chi connectivity index (χ2v) is 8.91. The summed E-state index contributed by atoms with van der Waals surface area (Å²) in [6.45, 7) is 0.800. The summed E-state index contributed by atoms with van der Waals surface area (Å²) in [6, 6.07) is 5.07. The van der Waals surface area contributed by atoms with Gasteiger partial charge in [-0.25, -0.2) is 0 Å². The lowest BCUT2D eigenvalue weighted by Crippen LogP contribution is -2.45. The Morgan fingerprint density at radius 3 is 2.39 bits per heavy atom. The van der Waals surface area contributed by atoms with Crippen molar-refractivity contribution in [3.63, 3.8) is 0 Å². The van der Waals surface area contributed by atoms with Gasteiger partial charge in [0.1, 0.15) is 0 Å². The quantitative estimate of drug-likeness (QED) is 0.783. The summed E-state index contributed by atoms with van der Waals surface area (Å²) in [6.07, 6.45) is 9.56. The van der Waals surface area contributed by atoms with Crippen LogP contribution in [0.5, 0.6) is 0 Å². The van der Waals surface area contributed by atoms with Gasteiger partial charge in [-0.15, -0.1) is 0 Å². The molecule has 4 saturated carbocycles. The number of fused-ring (bicyclic) bond motifs is 1. The van der Waals surface area contributed by atoms with Gasteiger partial charge in [0.05, 0.1) is 10.6 Å². The highest BCUT2D eigenvalue weighted by Gasteiger charge is 2.48. The first-order valence-electron chi connectivity index (χ1n) is 8.76. The van der Waals surface area contributed by atoms with Gasteiger partial charge < -0.3 is 5.32 Å². The number of amides is 1. The van der Waals surface area contributed by atoms with Crippen LogP contribution >= 0.6 is 23.2 Å². The minimum absolute atomic E-state index is 0.0684. The van der Waals surface area contributed by atoms with Crippen molar-refractivity contribution in [3.8, 4) is 0 Å². The van der Waals surface area contributed by atoms with Crippen LogP contribution in [0.1, 0.15) is 55.3 Å². The smallest absolute Gasteiger partial charge is 0.252 e. The molecule has 0 aromatic heterocycles. The molecule has 1 N–H and O–H groups in total. The minimum Gasteiger partial charge on any atom is -0.351 e. The molecular weight excluding hydrogens is 329 g/mol.